The molecule has 2 rings (SSSR count). The third-order valence-electron chi connectivity index (χ3n) is 3.22. The molecule has 5 heteroatoms. The summed E-state index contributed by atoms with van der Waals surface area (Å²) in [6, 6.07) is 13.7. The van der Waals surface area contributed by atoms with E-state index in [1.54, 1.807) is 0 Å². The molecule has 0 aliphatic rings. The highest BCUT2D eigenvalue weighted by Gasteiger charge is 2.12. The summed E-state index contributed by atoms with van der Waals surface area (Å²) in [5.74, 6) is 3.69. The molecule has 0 atom stereocenters. The van der Waals surface area contributed by atoms with Crippen LogP contribution in [0.25, 0.3) is 11.6 Å². The highest BCUT2D eigenvalue weighted by Crippen LogP contribution is 2.35. The summed E-state index contributed by atoms with van der Waals surface area (Å²) in [6.45, 7) is 2.59. The summed E-state index contributed by atoms with van der Waals surface area (Å²) in [4.78, 5) is 0. The van der Waals surface area contributed by atoms with Crippen LogP contribution in [0.3, 0.4) is 0 Å². The number of benzene rings is 2. The van der Waals surface area contributed by atoms with Gasteiger partial charge in [0.1, 0.15) is 6.61 Å². The SMILES string of the molecule is C#CCOc1c(I)cc(/C=C(\C#N)c2ccc(Br)cc2)cc1OCC. The van der Waals surface area contributed by atoms with Gasteiger partial charge < -0.3 is 9.47 Å². The Bertz CT molecular complexity index is 861. The van der Waals surface area contributed by atoms with Gasteiger partial charge >= 0.3 is 0 Å². The van der Waals surface area contributed by atoms with Crippen molar-refractivity contribution in [1.29, 1.82) is 5.26 Å². The Labute approximate surface area is 169 Å². The normalized spacial score (nSPS) is 10.7. The molecule has 0 aliphatic heterocycles. The first-order valence-electron chi connectivity index (χ1n) is 7.49. The summed E-state index contributed by atoms with van der Waals surface area (Å²) in [6.07, 6.45) is 7.10. The lowest BCUT2D eigenvalue weighted by atomic mass is 10.0. The first-order valence-corrected chi connectivity index (χ1v) is 9.36. The van der Waals surface area contributed by atoms with Gasteiger partial charge in [0.05, 0.1) is 21.8 Å². The second-order valence-corrected chi connectivity index (χ2v) is 7.01. The molecule has 0 fully saturated rings. The predicted molar refractivity (Wildman–Crippen MR) is 112 cm³/mol. The van der Waals surface area contributed by atoms with Crippen LogP contribution in [0.2, 0.25) is 0 Å². The molecule has 0 saturated heterocycles. The lowest BCUT2D eigenvalue weighted by Gasteiger charge is -2.13. The van der Waals surface area contributed by atoms with Crippen LogP contribution in [0.15, 0.2) is 40.9 Å². The standard InChI is InChI=1S/C20H15BrINO2/c1-3-9-25-20-18(22)11-14(12-19(20)24-4-2)10-16(13-23)15-5-7-17(21)8-6-15/h1,5-8,10-12H,4,9H2,2H3/b16-10+. The molecule has 3 nitrogen and oxygen atoms in total. The second kappa shape index (κ2) is 9.50. The maximum atomic E-state index is 9.51. The van der Waals surface area contributed by atoms with Crippen molar-refractivity contribution in [3.8, 4) is 29.9 Å². The van der Waals surface area contributed by atoms with E-state index in [2.05, 4.69) is 50.5 Å². The van der Waals surface area contributed by atoms with E-state index in [0.717, 1.165) is 19.2 Å². The first kappa shape index (κ1) is 19.4. The third-order valence-corrected chi connectivity index (χ3v) is 4.55. The molecule has 0 saturated carbocycles. The molecule has 126 valence electrons. The van der Waals surface area contributed by atoms with Crippen LogP contribution < -0.4 is 9.47 Å². The van der Waals surface area contributed by atoms with E-state index in [1.807, 2.05) is 49.4 Å². The Balaban J connectivity index is 2.45. The molecule has 25 heavy (non-hydrogen) atoms. The Morgan fingerprint density at radius 2 is 2.00 bits per heavy atom. The fourth-order valence-corrected chi connectivity index (χ4v) is 3.21. The maximum absolute atomic E-state index is 9.51. The molecule has 0 aromatic heterocycles. The zero-order valence-electron chi connectivity index (χ0n) is 13.6. The van der Waals surface area contributed by atoms with Gasteiger partial charge in [0.15, 0.2) is 11.5 Å². The van der Waals surface area contributed by atoms with Crippen molar-refractivity contribution < 1.29 is 9.47 Å². The van der Waals surface area contributed by atoms with Crippen molar-refractivity contribution in [2.45, 2.75) is 6.92 Å². The number of halogens is 2. The zero-order valence-corrected chi connectivity index (χ0v) is 17.3. The van der Waals surface area contributed by atoms with E-state index in [4.69, 9.17) is 15.9 Å². The molecular formula is C20H15BrINO2. The van der Waals surface area contributed by atoms with E-state index in [-0.39, 0.29) is 6.61 Å². The number of hydrogen-bond acceptors (Lipinski definition) is 3. The lowest BCUT2D eigenvalue weighted by molar-refractivity contribution is 0.297. The summed E-state index contributed by atoms with van der Waals surface area (Å²) >= 11 is 5.58. The van der Waals surface area contributed by atoms with Crippen LogP contribution in [0.1, 0.15) is 18.1 Å². The fourth-order valence-electron chi connectivity index (χ4n) is 2.16. The van der Waals surface area contributed by atoms with Crippen molar-refractivity contribution in [1.82, 2.24) is 0 Å². The molecule has 0 unspecified atom stereocenters. The van der Waals surface area contributed by atoms with E-state index in [0.29, 0.717) is 23.7 Å². The van der Waals surface area contributed by atoms with Crippen molar-refractivity contribution in [2.24, 2.45) is 0 Å². The third kappa shape index (κ3) is 5.26. The van der Waals surface area contributed by atoms with Crippen molar-refractivity contribution >= 4 is 50.2 Å². The number of rotatable bonds is 6. The van der Waals surface area contributed by atoms with Crippen LogP contribution in [-0.2, 0) is 0 Å². The Kier molecular flexibility index (Phi) is 7.36. The smallest absolute Gasteiger partial charge is 0.175 e. The predicted octanol–water partition coefficient (Wildman–Crippen LogP) is 5.53. The Morgan fingerprint density at radius 1 is 1.28 bits per heavy atom. The van der Waals surface area contributed by atoms with Gasteiger partial charge in [0.2, 0.25) is 0 Å². The maximum Gasteiger partial charge on any atom is 0.175 e. The highest BCUT2D eigenvalue weighted by molar-refractivity contribution is 14.1. The van der Waals surface area contributed by atoms with Gasteiger partial charge in [-0.1, -0.05) is 34.0 Å². The Morgan fingerprint density at radius 3 is 2.60 bits per heavy atom. The van der Waals surface area contributed by atoms with Crippen molar-refractivity contribution in [3.63, 3.8) is 0 Å². The number of hydrogen-bond donors (Lipinski definition) is 0. The molecule has 0 amide bonds. The molecule has 0 spiro atoms. The highest BCUT2D eigenvalue weighted by atomic mass is 127. The van der Waals surface area contributed by atoms with E-state index < -0.39 is 0 Å². The minimum absolute atomic E-state index is 0.174. The quantitative estimate of drug-likeness (QED) is 0.223. The van der Waals surface area contributed by atoms with Gasteiger partial charge in [-0.2, -0.15) is 5.26 Å². The molecule has 0 aliphatic carbocycles. The average Bonchev–Trinajstić information content (AvgIpc) is 2.60. The average molecular weight is 508 g/mol. The zero-order chi connectivity index (χ0) is 18.2. The van der Waals surface area contributed by atoms with Gasteiger partial charge in [0.25, 0.3) is 0 Å². The fraction of sp³-hybridized carbons (Fsp3) is 0.150. The van der Waals surface area contributed by atoms with E-state index in [1.165, 1.54) is 0 Å². The van der Waals surface area contributed by atoms with Crippen LogP contribution in [0.4, 0.5) is 0 Å². The molecule has 0 heterocycles. The topological polar surface area (TPSA) is 42.2 Å². The van der Waals surface area contributed by atoms with Crippen LogP contribution in [0, 0.1) is 27.2 Å². The lowest BCUT2D eigenvalue weighted by Crippen LogP contribution is -2.01. The number of terminal acetylenes is 1. The summed E-state index contributed by atoms with van der Waals surface area (Å²) in [5, 5.41) is 9.51. The van der Waals surface area contributed by atoms with Gasteiger partial charge in [-0.05, 0) is 71.0 Å². The number of nitrogens with zero attached hydrogens (tertiary/aromatic N) is 1. The van der Waals surface area contributed by atoms with Crippen LogP contribution >= 0.6 is 38.5 Å². The largest absolute Gasteiger partial charge is 0.490 e. The summed E-state index contributed by atoms with van der Waals surface area (Å²) in [5.41, 5.74) is 2.29. The second-order valence-electron chi connectivity index (χ2n) is 4.93. The molecule has 0 N–H and O–H groups in total. The van der Waals surface area contributed by atoms with Crippen molar-refractivity contribution in [3.05, 3.63) is 55.6 Å². The first-order chi connectivity index (χ1) is 12.1. The van der Waals surface area contributed by atoms with Crippen molar-refractivity contribution in [2.75, 3.05) is 13.2 Å². The van der Waals surface area contributed by atoms with Crippen LogP contribution in [0.5, 0.6) is 11.5 Å². The summed E-state index contributed by atoms with van der Waals surface area (Å²) < 4.78 is 13.1. The minimum Gasteiger partial charge on any atom is -0.490 e. The minimum atomic E-state index is 0.174. The molecule has 0 bridgehead atoms. The monoisotopic (exact) mass is 507 g/mol. The molecule has 0 radical (unpaired) electrons. The number of nitriles is 1. The molecular weight excluding hydrogens is 493 g/mol. The Hall–Kier alpha value is -1.96. The van der Waals surface area contributed by atoms with E-state index in [9.17, 15) is 5.26 Å². The number of allylic oxidation sites excluding steroid dienone is 1. The van der Waals surface area contributed by atoms with Gasteiger partial charge in [-0.15, -0.1) is 6.42 Å². The summed E-state index contributed by atoms with van der Waals surface area (Å²) in [7, 11) is 0. The van der Waals surface area contributed by atoms with Gasteiger partial charge in [0, 0.05) is 4.47 Å². The molecule has 2 aromatic rings. The van der Waals surface area contributed by atoms with Gasteiger partial charge in [-0.25, -0.2) is 0 Å². The molecule has 2 aromatic carbocycles. The van der Waals surface area contributed by atoms with E-state index >= 15 is 0 Å². The van der Waals surface area contributed by atoms with Gasteiger partial charge in [-0.3, -0.25) is 0 Å². The van der Waals surface area contributed by atoms with Crippen LogP contribution in [-0.4, -0.2) is 13.2 Å². The number of ether oxygens (including phenoxy) is 2.